The van der Waals surface area contributed by atoms with Gasteiger partial charge in [0, 0.05) is 5.69 Å². The zero-order valence-corrected chi connectivity index (χ0v) is 13.7. The van der Waals surface area contributed by atoms with Crippen LogP contribution >= 0.6 is 0 Å². The van der Waals surface area contributed by atoms with Gasteiger partial charge in [0.25, 0.3) is 0 Å². The van der Waals surface area contributed by atoms with Gasteiger partial charge in [0.1, 0.15) is 5.75 Å². The van der Waals surface area contributed by atoms with E-state index in [1.807, 2.05) is 18.2 Å². The Labute approximate surface area is 145 Å². The van der Waals surface area contributed by atoms with Gasteiger partial charge in [-0.3, -0.25) is 4.79 Å². The van der Waals surface area contributed by atoms with Crippen LogP contribution in [0.25, 0.3) is 0 Å². The van der Waals surface area contributed by atoms with Crippen LogP contribution < -0.4 is 15.8 Å². The van der Waals surface area contributed by atoms with Crippen molar-refractivity contribution < 1.29 is 18.3 Å². The van der Waals surface area contributed by atoms with E-state index in [9.17, 15) is 13.6 Å². The van der Waals surface area contributed by atoms with Crippen molar-refractivity contribution in [3.8, 4) is 5.75 Å². The van der Waals surface area contributed by atoms with Crippen LogP contribution in [0.15, 0.2) is 42.5 Å². The van der Waals surface area contributed by atoms with Gasteiger partial charge in [0.2, 0.25) is 5.91 Å². The number of anilines is 1. The summed E-state index contributed by atoms with van der Waals surface area (Å²) in [5.41, 5.74) is 9.61. The number of rotatable bonds is 5. The lowest BCUT2D eigenvalue weighted by Gasteiger charge is -2.26. The Morgan fingerprint density at radius 2 is 2.00 bits per heavy atom. The van der Waals surface area contributed by atoms with Crippen LogP contribution in [0, 0.1) is 0 Å². The van der Waals surface area contributed by atoms with Crippen molar-refractivity contribution in [1.82, 2.24) is 5.32 Å². The number of amides is 1. The van der Waals surface area contributed by atoms with Crippen LogP contribution in [0.3, 0.4) is 0 Å². The van der Waals surface area contributed by atoms with Crippen molar-refractivity contribution in [2.24, 2.45) is 0 Å². The highest BCUT2D eigenvalue weighted by Gasteiger charge is 2.21. The summed E-state index contributed by atoms with van der Waals surface area (Å²) in [6.07, 6.45) is 3.05. The second-order valence-corrected chi connectivity index (χ2v) is 6.17. The number of hydrogen-bond donors (Lipinski definition) is 2. The fraction of sp³-hybridized carbons (Fsp3) is 0.316. The van der Waals surface area contributed by atoms with E-state index in [-0.39, 0.29) is 24.1 Å². The highest BCUT2D eigenvalue weighted by molar-refractivity contribution is 5.79. The maximum atomic E-state index is 12.3. The van der Waals surface area contributed by atoms with Crippen LogP contribution in [0.5, 0.6) is 5.75 Å². The molecule has 1 unspecified atom stereocenters. The van der Waals surface area contributed by atoms with Gasteiger partial charge in [0.15, 0.2) is 0 Å². The summed E-state index contributed by atoms with van der Waals surface area (Å²) < 4.78 is 28.6. The standard InChI is InChI=1S/C19H20F2N2O2/c20-19(21)25-15-7-4-12(5-8-15)10-18(24)23-17-3-1-2-13-11-14(22)6-9-16(13)17/h4-9,11,17,19H,1-3,10,22H2,(H,23,24). The first-order chi connectivity index (χ1) is 12.0. The van der Waals surface area contributed by atoms with Crippen molar-refractivity contribution in [3.63, 3.8) is 0 Å². The molecule has 1 amide bonds. The van der Waals surface area contributed by atoms with Gasteiger partial charge in [-0.25, -0.2) is 0 Å². The lowest BCUT2D eigenvalue weighted by atomic mass is 9.87. The Kier molecular flexibility index (Phi) is 5.16. The summed E-state index contributed by atoms with van der Waals surface area (Å²) in [7, 11) is 0. The van der Waals surface area contributed by atoms with Crippen LogP contribution in [0.4, 0.5) is 14.5 Å². The molecule has 0 aromatic heterocycles. The summed E-state index contributed by atoms with van der Waals surface area (Å²) in [5, 5.41) is 3.06. The number of halogens is 2. The second kappa shape index (κ2) is 7.51. The molecule has 25 heavy (non-hydrogen) atoms. The van der Waals surface area contributed by atoms with E-state index in [0.717, 1.165) is 36.1 Å². The number of nitrogens with one attached hydrogen (secondary N) is 1. The van der Waals surface area contributed by atoms with E-state index < -0.39 is 6.61 Å². The number of ether oxygens (including phenoxy) is 1. The van der Waals surface area contributed by atoms with E-state index in [1.54, 1.807) is 12.1 Å². The van der Waals surface area contributed by atoms with E-state index in [0.29, 0.717) is 0 Å². The fourth-order valence-corrected chi connectivity index (χ4v) is 3.20. The highest BCUT2D eigenvalue weighted by Crippen LogP contribution is 2.31. The van der Waals surface area contributed by atoms with Gasteiger partial charge >= 0.3 is 6.61 Å². The summed E-state index contributed by atoms with van der Waals surface area (Å²) in [5.74, 6) is -0.0184. The van der Waals surface area contributed by atoms with Crippen molar-refractivity contribution in [3.05, 3.63) is 59.2 Å². The molecule has 0 saturated carbocycles. The molecule has 2 aromatic rings. The Balaban J connectivity index is 1.62. The first-order valence-corrected chi connectivity index (χ1v) is 8.22. The molecule has 3 N–H and O–H groups in total. The molecule has 0 spiro atoms. The highest BCUT2D eigenvalue weighted by atomic mass is 19.3. The van der Waals surface area contributed by atoms with Gasteiger partial charge in [-0.05, 0) is 60.2 Å². The van der Waals surface area contributed by atoms with Crippen molar-refractivity contribution in [2.75, 3.05) is 5.73 Å². The van der Waals surface area contributed by atoms with E-state index in [1.165, 1.54) is 17.7 Å². The average Bonchev–Trinajstić information content (AvgIpc) is 2.56. The Hall–Kier alpha value is -2.63. The Morgan fingerprint density at radius 3 is 2.72 bits per heavy atom. The number of carbonyl (C=O) groups is 1. The van der Waals surface area contributed by atoms with Crippen molar-refractivity contribution >= 4 is 11.6 Å². The van der Waals surface area contributed by atoms with Gasteiger partial charge < -0.3 is 15.8 Å². The van der Waals surface area contributed by atoms with Crippen molar-refractivity contribution in [2.45, 2.75) is 38.3 Å². The summed E-state index contributed by atoms with van der Waals surface area (Å²) in [6, 6.07) is 11.9. The first kappa shape index (κ1) is 17.2. The third-order valence-electron chi connectivity index (χ3n) is 4.33. The normalized spacial score (nSPS) is 16.4. The summed E-state index contributed by atoms with van der Waals surface area (Å²) in [6.45, 7) is -2.85. The Morgan fingerprint density at radius 1 is 1.24 bits per heavy atom. The molecular weight excluding hydrogens is 326 g/mol. The number of alkyl halides is 2. The maximum Gasteiger partial charge on any atom is 0.387 e. The van der Waals surface area contributed by atoms with Crippen molar-refractivity contribution in [1.29, 1.82) is 0 Å². The van der Waals surface area contributed by atoms with Crippen LogP contribution in [-0.4, -0.2) is 12.5 Å². The first-order valence-electron chi connectivity index (χ1n) is 8.22. The molecule has 0 heterocycles. The molecule has 0 fully saturated rings. The minimum Gasteiger partial charge on any atom is -0.435 e. The maximum absolute atomic E-state index is 12.3. The fourth-order valence-electron chi connectivity index (χ4n) is 3.20. The molecule has 0 saturated heterocycles. The van der Waals surface area contributed by atoms with Gasteiger partial charge in [-0.1, -0.05) is 18.2 Å². The minimum absolute atomic E-state index is 0.0155. The summed E-state index contributed by atoms with van der Waals surface area (Å²) >= 11 is 0. The van der Waals surface area contributed by atoms with Crippen LogP contribution in [-0.2, 0) is 17.6 Å². The quantitative estimate of drug-likeness (QED) is 0.813. The molecule has 3 rings (SSSR count). The molecule has 1 aliphatic rings. The molecular formula is C19H20F2N2O2. The van der Waals surface area contributed by atoms with Gasteiger partial charge in [-0.2, -0.15) is 8.78 Å². The summed E-state index contributed by atoms with van der Waals surface area (Å²) in [4.78, 5) is 12.3. The second-order valence-electron chi connectivity index (χ2n) is 6.17. The SMILES string of the molecule is Nc1ccc2c(c1)CCCC2NC(=O)Cc1ccc(OC(F)F)cc1. The Bertz CT molecular complexity index is 748. The molecule has 132 valence electrons. The number of carbonyl (C=O) groups excluding carboxylic acids is 1. The van der Waals surface area contributed by atoms with E-state index in [4.69, 9.17) is 5.73 Å². The predicted octanol–water partition coefficient (Wildman–Crippen LogP) is 3.61. The molecule has 4 nitrogen and oxygen atoms in total. The molecule has 2 aromatic carbocycles. The van der Waals surface area contributed by atoms with Crippen LogP contribution in [0.1, 0.15) is 35.6 Å². The number of fused-ring (bicyclic) bond motifs is 1. The third kappa shape index (κ3) is 4.47. The zero-order chi connectivity index (χ0) is 17.8. The molecule has 0 aliphatic heterocycles. The molecule has 1 atom stereocenters. The van der Waals surface area contributed by atoms with Gasteiger partial charge in [0.05, 0.1) is 12.5 Å². The monoisotopic (exact) mass is 346 g/mol. The predicted molar refractivity (Wildman–Crippen MR) is 91.5 cm³/mol. The number of benzene rings is 2. The van der Waals surface area contributed by atoms with Gasteiger partial charge in [-0.15, -0.1) is 0 Å². The third-order valence-corrected chi connectivity index (χ3v) is 4.33. The number of nitrogens with two attached hydrogens (primary N) is 1. The molecule has 6 heteroatoms. The van der Waals surface area contributed by atoms with Crippen LogP contribution in [0.2, 0.25) is 0 Å². The van der Waals surface area contributed by atoms with E-state index >= 15 is 0 Å². The average molecular weight is 346 g/mol. The smallest absolute Gasteiger partial charge is 0.387 e. The lowest BCUT2D eigenvalue weighted by molar-refractivity contribution is -0.121. The number of nitrogen functional groups attached to an aromatic ring is 1. The number of aryl methyl sites for hydroxylation is 1. The van der Waals surface area contributed by atoms with E-state index in [2.05, 4.69) is 10.1 Å². The zero-order valence-electron chi connectivity index (χ0n) is 13.7. The minimum atomic E-state index is -2.85. The number of hydrogen-bond acceptors (Lipinski definition) is 3. The lowest BCUT2D eigenvalue weighted by Crippen LogP contribution is -2.32. The molecule has 0 bridgehead atoms. The topological polar surface area (TPSA) is 64.3 Å². The molecule has 1 aliphatic carbocycles. The molecule has 0 radical (unpaired) electrons. The largest absolute Gasteiger partial charge is 0.435 e.